The Labute approximate surface area is 363 Å². The van der Waals surface area contributed by atoms with E-state index >= 15 is 0 Å². The SMILES string of the molecule is Cc1cccc(C)c1B1N(c2ccccc2)c2cccnc2N1c1[c-]c(Oc2[c-]c3c(cc2)[Si](C)(C)c2cccc4c2n-3[c-][n+]4-c2ccccc2)cc(C(C)(C)C)c1.[Pt]. The molecule has 0 aliphatic carbocycles. The minimum absolute atomic E-state index is 0. The summed E-state index contributed by atoms with van der Waals surface area (Å²) in [7, 11) is -2.11. The summed E-state index contributed by atoms with van der Waals surface area (Å²) < 4.78 is 11.3. The van der Waals surface area contributed by atoms with E-state index in [2.05, 4.69) is 212 Å². The Morgan fingerprint density at radius 2 is 1.42 bits per heavy atom. The molecule has 0 amide bonds. The molecule has 9 heteroatoms. The van der Waals surface area contributed by atoms with Gasteiger partial charge in [-0.2, -0.15) is 6.07 Å². The maximum atomic E-state index is 6.92. The van der Waals surface area contributed by atoms with Crippen molar-refractivity contribution in [1.29, 1.82) is 0 Å². The largest absolute Gasteiger partial charge is 0.510 e. The van der Waals surface area contributed by atoms with Crippen LogP contribution in [0.2, 0.25) is 13.1 Å². The molecule has 0 spiro atoms. The van der Waals surface area contributed by atoms with Gasteiger partial charge in [-0.3, -0.25) is 4.57 Å². The normalized spacial score (nSPS) is 13.9. The number of hydrogen-bond acceptors (Lipinski definition) is 4. The summed E-state index contributed by atoms with van der Waals surface area (Å²) in [6.07, 6.45) is 5.59. The number of aryl methyl sites for hydroxylation is 2. The number of fused-ring (bicyclic) bond motifs is 3. The van der Waals surface area contributed by atoms with Crippen molar-refractivity contribution in [2.24, 2.45) is 0 Å². The molecule has 8 aromatic rings. The number of pyridine rings is 1. The number of para-hydroxylation sites is 3. The van der Waals surface area contributed by atoms with Crippen molar-refractivity contribution >= 4 is 64.8 Å². The summed E-state index contributed by atoms with van der Waals surface area (Å²) in [5.74, 6) is 2.13. The zero-order valence-corrected chi connectivity index (χ0v) is 37.6. The maximum Gasteiger partial charge on any atom is 0.420 e. The van der Waals surface area contributed by atoms with Crippen molar-refractivity contribution in [3.05, 3.63) is 175 Å². The van der Waals surface area contributed by atoms with Crippen LogP contribution in [0.3, 0.4) is 0 Å². The van der Waals surface area contributed by atoms with Gasteiger partial charge in [-0.1, -0.05) is 129 Å². The average molecular weight is 965 g/mol. The second-order valence-electron chi connectivity index (χ2n) is 17.1. The quantitative estimate of drug-likeness (QED) is 0.0948. The molecule has 0 saturated heterocycles. The Hall–Kier alpha value is -5.69. The summed E-state index contributed by atoms with van der Waals surface area (Å²) in [4.78, 5) is 9.82. The van der Waals surface area contributed by atoms with Crippen LogP contribution in [-0.2, 0) is 26.5 Å². The van der Waals surface area contributed by atoms with Crippen molar-refractivity contribution in [2.45, 2.75) is 53.1 Å². The summed E-state index contributed by atoms with van der Waals surface area (Å²) in [6.45, 7) is 15.8. The van der Waals surface area contributed by atoms with Gasteiger partial charge in [-0.15, -0.1) is 41.1 Å². The van der Waals surface area contributed by atoms with Gasteiger partial charge >= 0.3 is 6.98 Å². The first-order chi connectivity index (χ1) is 28.0. The fourth-order valence-electron chi connectivity index (χ4n) is 8.94. The molecule has 294 valence electrons. The number of ether oxygens (including phenoxy) is 1. The molecule has 0 N–H and O–H groups in total. The van der Waals surface area contributed by atoms with E-state index in [-0.39, 0.29) is 33.5 Å². The predicted octanol–water partition coefficient (Wildman–Crippen LogP) is 9.23. The standard InChI is InChI=1S/C50H44BN5OSi.Pt/c1-34-17-14-18-35(2)47(34)51-55(38-21-12-9-13-22-38)43-24-16-28-52-49(43)56(51)39-29-36(50(3,4)5)30-41(31-39)57-40-26-27-45-44(32-40)54-33-53(37-19-10-8-11-20-37)42-23-15-25-46(48(42)54)58(45,6)7;/h8-30H,1-7H3;/q-2;. The average Bonchev–Trinajstić information content (AvgIpc) is 3.77. The Morgan fingerprint density at radius 1 is 0.712 bits per heavy atom. The van der Waals surface area contributed by atoms with Gasteiger partial charge in [0.05, 0.1) is 22.4 Å². The second kappa shape index (κ2) is 14.5. The van der Waals surface area contributed by atoms with E-state index < -0.39 is 8.07 Å². The third-order valence-electron chi connectivity index (χ3n) is 11.9. The Balaban J connectivity index is 0.00000449. The van der Waals surface area contributed by atoms with Gasteiger partial charge < -0.3 is 18.9 Å². The Kier molecular flexibility index (Phi) is 9.57. The molecule has 0 saturated carbocycles. The molecule has 2 aliphatic heterocycles. The van der Waals surface area contributed by atoms with Crippen molar-refractivity contribution < 1.29 is 30.4 Å². The minimum atomic E-state index is -2.11. The van der Waals surface area contributed by atoms with Gasteiger partial charge in [0, 0.05) is 52.5 Å². The van der Waals surface area contributed by atoms with Gasteiger partial charge in [0.15, 0.2) is 0 Å². The molecule has 6 nitrogen and oxygen atoms in total. The molecule has 2 aliphatic rings. The van der Waals surface area contributed by atoms with Crippen molar-refractivity contribution in [2.75, 3.05) is 9.62 Å². The van der Waals surface area contributed by atoms with E-state index in [1.807, 2.05) is 12.3 Å². The number of imidazole rings is 1. The monoisotopic (exact) mass is 964 g/mol. The van der Waals surface area contributed by atoms with E-state index in [4.69, 9.17) is 9.72 Å². The molecule has 59 heavy (non-hydrogen) atoms. The molecule has 2 aromatic heterocycles. The Bertz CT molecular complexity index is 2870. The van der Waals surface area contributed by atoms with Gasteiger partial charge in [0.1, 0.15) is 5.82 Å². The Morgan fingerprint density at radius 3 is 2.15 bits per heavy atom. The van der Waals surface area contributed by atoms with Crippen molar-refractivity contribution in [1.82, 2.24) is 9.55 Å². The van der Waals surface area contributed by atoms with Gasteiger partial charge in [-0.05, 0) is 66.8 Å². The van der Waals surface area contributed by atoms with Gasteiger partial charge in [-0.25, -0.2) is 4.98 Å². The third-order valence-corrected chi connectivity index (χ3v) is 15.4. The van der Waals surface area contributed by atoms with Crippen molar-refractivity contribution in [3.63, 3.8) is 0 Å². The van der Waals surface area contributed by atoms with Crippen LogP contribution in [-0.4, -0.2) is 24.6 Å². The first-order valence-electron chi connectivity index (χ1n) is 20.0. The summed E-state index contributed by atoms with van der Waals surface area (Å²) in [6, 6.07) is 54.7. The smallest absolute Gasteiger partial charge is 0.420 e. The number of benzene rings is 6. The van der Waals surface area contributed by atoms with Crippen molar-refractivity contribution in [3.8, 4) is 22.9 Å². The fraction of sp³-hybridized carbons (Fsp3) is 0.160. The molecule has 6 aromatic carbocycles. The molecular weight excluding hydrogens is 921 g/mol. The number of nitrogens with zero attached hydrogens (tertiary/aromatic N) is 5. The molecule has 0 unspecified atom stereocenters. The van der Waals surface area contributed by atoms with Crippen LogP contribution >= 0.6 is 0 Å². The molecular formula is C50H44BN5OPtSi-2. The van der Waals surface area contributed by atoms with E-state index in [1.165, 1.54) is 32.5 Å². The summed E-state index contributed by atoms with van der Waals surface area (Å²) in [5.41, 5.74) is 12.0. The molecule has 4 heterocycles. The zero-order valence-electron chi connectivity index (χ0n) is 34.3. The van der Waals surface area contributed by atoms with E-state index in [0.29, 0.717) is 11.5 Å². The summed E-state index contributed by atoms with van der Waals surface area (Å²) in [5, 5.41) is 2.70. The number of anilines is 4. The molecule has 0 atom stereocenters. The van der Waals surface area contributed by atoms with Crippen LogP contribution in [0.4, 0.5) is 22.9 Å². The summed E-state index contributed by atoms with van der Waals surface area (Å²) >= 11 is 0. The van der Waals surface area contributed by atoms with E-state index in [1.54, 1.807) is 0 Å². The van der Waals surface area contributed by atoms with Crippen LogP contribution in [0.5, 0.6) is 11.5 Å². The molecule has 0 bridgehead atoms. The molecule has 10 rings (SSSR count). The van der Waals surface area contributed by atoms with Gasteiger partial charge in [0.2, 0.25) is 0 Å². The number of hydrogen-bond donors (Lipinski definition) is 0. The first kappa shape index (κ1) is 38.8. The van der Waals surface area contributed by atoms with Crippen LogP contribution in [0.1, 0.15) is 37.5 Å². The number of aromatic nitrogens is 3. The second-order valence-corrected chi connectivity index (χ2v) is 21.4. The van der Waals surface area contributed by atoms with Gasteiger partial charge in [0.25, 0.3) is 6.33 Å². The number of rotatable bonds is 6. The fourth-order valence-corrected chi connectivity index (χ4v) is 11.8. The van der Waals surface area contributed by atoms with Crippen LogP contribution in [0.15, 0.2) is 140 Å². The molecule has 0 fully saturated rings. The van der Waals surface area contributed by atoms with E-state index in [9.17, 15) is 0 Å². The van der Waals surface area contributed by atoms with Crippen LogP contribution in [0, 0.1) is 32.3 Å². The maximum absolute atomic E-state index is 6.92. The zero-order chi connectivity index (χ0) is 39.9. The predicted molar refractivity (Wildman–Crippen MR) is 240 cm³/mol. The first-order valence-corrected chi connectivity index (χ1v) is 23.0. The van der Waals surface area contributed by atoms with Crippen LogP contribution < -0.4 is 34.8 Å². The van der Waals surface area contributed by atoms with Crippen LogP contribution in [0.25, 0.3) is 22.4 Å². The third kappa shape index (κ3) is 6.36. The minimum Gasteiger partial charge on any atom is -0.510 e. The molecule has 0 radical (unpaired) electrons. The van der Waals surface area contributed by atoms with E-state index in [0.717, 1.165) is 45.3 Å². The topological polar surface area (TPSA) is 37.4 Å².